The molecule has 0 aromatic rings. The van der Waals surface area contributed by atoms with E-state index in [1.165, 1.54) is 0 Å². The first-order chi connectivity index (χ1) is 8.10. The molecule has 0 bridgehead atoms. The fraction of sp³-hybridized carbons (Fsp3) is 0.833. The highest BCUT2D eigenvalue weighted by atomic mass is 16.3. The number of nitrogens with zero attached hydrogens (tertiary/aromatic N) is 1. The Balaban J connectivity index is 2.68. The molecular weight excluding hydrogens is 220 g/mol. The van der Waals surface area contributed by atoms with Crippen molar-refractivity contribution in [3.05, 3.63) is 0 Å². The maximum absolute atomic E-state index is 12.2. The predicted octanol–water partition coefficient (Wildman–Crippen LogP) is 0.274. The molecule has 2 amide bonds. The van der Waals surface area contributed by atoms with Crippen molar-refractivity contribution in [3.8, 4) is 0 Å². The second-order valence-electron chi connectivity index (χ2n) is 4.52. The van der Waals surface area contributed by atoms with Crippen molar-refractivity contribution >= 4 is 11.8 Å². The SMILES string of the molecule is CCN(C(=O)[C@@H]1CCCCC(=O)N1)[C@@H](C)CO. The topological polar surface area (TPSA) is 69.6 Å². The molecule has 1 aliphatic heterocycles. The molecule has 0 aliphatic carbocycles. The molecule has 0 radical (unpaired) electrons. The molecule has 5 heteroatoms. The van der Waals surface area contributed by atoms with Gasteiger partial charge in [0.1, 0.15) is 6.04 Å². The lowest BCUT2D eigenvalue weighted by Crippen LogP contribution is -2.51. The predicted molar refractivity (Wildman–Crippen MR) is 64.3 cm³/mol. The molecule has 0 unspecified atom stereocenters. The lowest BCUT2D eigenvalue weighted by Gasteiger charge is -2.30. The van der Waals surface area contributed by atoms with E-state index < -0.39 is 6.04 Å². The van der Waals surface area contributed by atoms with Crippen LogP contribution in [0.25, 0.3) is 0 Å². The Kier molecular flexibility index (Phi) is 5.41. The van der Waals surface area contributed by atoms with Crippen LogP contribution < -0.4 is 5.32 Å². The van der Waals surface area contributed by atoms with E-state index in [0.717, 1.165) is 12.8 Å². The van der Waals surface area contributed by atoms with Crippen LogP contribution in [0.4, 0.5) is 0 Å². The van der Waals surface area contributed by atoms with Crippen molar-refractivity contribution < 1.29 is 14.7 Å². The van der Waals surface area contributed by atoms with Gasteiger partial charge < -0.3 is 15.3 Å². The third-order valence-corrected chi connectivity index (χ3v) is 3.20. The minimum atomic E-state index is -0.418. The zero-order chi connectivity index (χ0) is 12.8. The molecule has 1 heterocycles. The van der Waals surface area contributed by atoms with Gasteiger partial charge in [0.05, 0.1) is 12.6 Å². The maximum Gasteiger partial charge on any atom is 0.245 e. The first kappa shape index (κ1) is 14.0. The van der Waals surface area contributed by atoms with Gasteiger partial charge in [-0.25, -0.2) is 0 Å². The van der Waals surface area contributed by atoms with Gasteiger partial charge in [0.2, 0.25) is 11.8 Å². The molecule has 0 saturated carbocycles. The maximum atomic E-state index is 12.2. The molecule has 0 aromatic carbocycles. The summed E-state index contributed by atoms with van der Waals surface area (Å²) >= 11 is 0. The summed E-state index contributed by atoms with van der Waals surface area (Å²) in [4.78, 5) is 25.3. The van der Waals surface area contributed by atoms with Crippen molar-refractivity contribution in [1.82, 2.24) is 10.2 Å². The van der Waals surface area contributed by atoms with Gasteiger partial charge in [-0.1, -0.05) is 6.42 Å². The van der Waals surface area contributed by atoms with Crippen molar-refractivity contribution in [1.29, 1.82) is 0 Å². The van der Waals surface area contributed by atoms with Crippen molar-refractivity contribution in [2.75, 3.05) is 13.2 Å². The van der Waals surface area contributed by atoms with Crippen LogP contribution in [0.2, 0.25) is 0 Å². The second kappa shape index (κ2) is 6.59. The Hall–Kier alpha value is -1.10. The third-order valence-electron chi connectivity index (χ3n) is 3.20. The van der Waals surface area contributed by atoms with E-state index in [4.69, 9.17) is 5.11 Å². The van der Waals surface area contributed by atoms with Crippen LogP contribution in [0.15, 0.2) is 0 Å². The van der Waals surface area contributed by atoms with Crippen LogP contribution in [-0.2, 0) is 9.59 Å². The summed E-state index contributed by atoms with van der Waals surface area (Å²) in [5, 5.41) is 11.9. The fourth-order valence-corrected chi connectivity index (χ4v) is 2.14. The number of aliphatic hydroxyl groups excluding tert-OH is 1. The Morgan fingerprint density at radius 2 is 2.29 bits per heavy atom. The Bertz CT molecular complexity index is 281. The smallest absolute Gasteiger partial charge is 0.245 e. The van der Waals surface area contributed by atoms with Crippen LogP contribution in [-0.4, -0.2) is 47.1 Å². The number of hydrogen-bond donors (Lipinski definition) is 2. The van der Waals surface area contributed by atoms with E-state index in [2.05, 4.69) is 5.32 Å². The second-order valence-corrected chi connectivity index (χ2v) is 4.52. The van der Waals surface area contributed by atoms with Gasteiger partial charge in [0, 0.05) is 13.0 Å². The molecular formula is C12H22N2O3. The average molecular weight is 242 g/mol. The van der Waals surface area contributed by atoms with Crippen LogP contribution in [0.3, 0.4) is 0 Å². The van der Waals surface area contributed by atoms with Crippen LogP contribution in [0.5, 0.6) is 0 Å². The minimum absolute atomic E-state index is 0.0476. The normalized spacial score (nSPS) is 22.5. The highest BCUT2D eigenvalue weighted by Gasteiger charge is 2.28. The summed E-state index contributed by atoms with van der Waals surface area (Å²) in [6.45, 7) is 4.18. The lowest BCUT2D eigenvalue weighted by molar-refractivity contribution is -0.138. The van der Waals surface area contributed by atoms with E-state index in [1.54, 1.807) is 11.8 Å². The van der Waals surface area contributed by atoms with E-state index in [0.29, 0.717) is 19.4 Å². The van der Waals surface area contributed by atoms with Gasteiger partial charge >= 0.3 is 0 Å². The number of hydrogen-bond acceptors (Lipinski definition) is 3. The molecule has 5 nitrogen and oxygen atoms in total. The highest BCUT2D eigenvalue weighted by molar-refractivity contribution is 5.88. The van der Waals surface area contributed by atoms with E-state index in [1.807, 2.05) is 6.92 Å². The van der Waals surface area contributed by atoms with Crippen molar-refractivity contribution in [2.45, 2.75) is 51.6 Å². The van der Waals surface area contributed by atoms with Crippen molar-refractivity contribution in [2.24, 2.45) is 0 Å². The number of likely N-dealkylation sites (N-methyl/N-ethyl adjacent to an activating group) is 1. The Morgan fingerprint density at radius 1 is 1.59 bits per heavy atom. The molecule has 98 valence electrons. The summed E-state index contributed by atoms with van der Waals surface area (Å²) in [5.41, 5.74) is 0. The first-order valence-corrected chi connectivity index (χ1v) is 6.30. The molecule has 1 saturated heterocycles. The van der Waals surface area contributed by atoms with E-state index in [-0.39, 0.29) is 24.5 Å². The summed E-state index contributed by atoms with van der Waals surface area (Å²) in [6.07, 6.45) is 2.93. The molecule has 17 heavy (non-hydrogen) atoms. The number of rotatable bonds is 4. The summed E-state index contributed by atoms with van der Waals surface area (Å²) < 4.78 is 0. The van der Waals surface area contributed by atoms with Gasteiger partial charge in [-0.05, 0) is 26.7 Å². The number of amides is 2. The number of nitrogens with one attached hydrogen (secondary N) is 1. The molecule has 1 rings (SSSR count). The van der Waals surface area contributed by atoms with Gasteiger partial charge in [-0.3, -0.25) is 9.59 Å². The molecule has 1 fully saturated rings. The van der Waals surface area contributed by atoms with Gasteiger partial charge in [-0.2, -0.15) is 0 Å². The molecule has 0 aromatic heterocycles. The molecule has 1 aliphatic rings. The zero-order valence-electron chi connectivity index (χ0n) is 10.6. The summed E-state index contributed by atoms with van der Waals surface area (Å²) in [5.74, 6) is -0.127. The summed E-state index contributed by atoms with van der Waals surface area (Å²) in [7, 11) is 0. The zero-order valence-corrected chi connectivity index (χ0v) is 10.6. The standard InChI is InChI=1S/C12H22N2O3/c1-3-14(9(2)8-15)12(17)10-6-4-5-7-11(16)13-10/h9-10,15H,3-8H2,1-2H3,(H,13,16)/t9-,10-/m0/s1. The number of carbonyl (C=O) groups excluding carboxylic acids is 2. The molecule has 2 atom stereocenters. The third kappa shape index (κ3) is 3.70. The Labute approximate surface area is 102 Å². The Morgan fingerprint density at radius 3 is 2.88 bits per heavy atom. The largest absolute Gasteiger partial charge is 0.394 e. The lowest BCUT2D eigenvalue weighted by atomic mass is 10.1. The van der Waals surface area contributed by atoms with E-state index >= 15 is 0 Å². The van der Waals surface area contributed by atoms with Crippen LogP contribution >= 0.6 is 0 Å². The first-order valence-electron chi connectivity index (χ1n) is 6.30. The van der Waals surface area contributed by atoms with Gasteiger partial charge in [0.25, 0.3) is 0 Å². The summed E-state index contributed by atoms with van der Waals surface area (Å²) in [6, 6.07) is -0.619. The molecule has 2 N–H and O–H groups in total. The van der Waals surface area contributed by atoms with Crippen molar-refractivity contribution in [3.63, 3.8) is 0 Å². The van der Waals surface area contributed by atoms with Gasteiger partial charge in [0.15, 0.2) is 0 Å². The molecule has 0 spiro atoms. The van der Waals surface area contributed by atoms with Crippen LogP contribution in [0.1, 0.15) is 39.5 Å². The monoisotopic (exact) mass is 242 g/mol. The minimum Gasteiger partial charge on any atom is -0.394 e. The number of aliphatic hydroxyl groups is 1. The number of carbonyl (C=O) groups is 2. The van der Waals surface area contributed by atoms with E-state index in [9.17, 15) is 9.59 Å². The van der Waals surface area contributed by atoms with Gasteiger partial charge in [-0.15, -0.1) is 0 Å². The quantitative estimate of drug-likeness (QED) is 0.743. The highest BCUT2D eigenvalue weighted by Crippen LogP contribution is 2.13. The fourth-order valence-electron chi connectivity index (χ4n) is 2.14. The average Bonchev–Trinajstić information content (AvgIpc) is 2.54. The van der Waals surface area contributed by atoms with Crippen LogP contribution in [0, 0.1) is 0 Å².